The van der Waals surface area contributed by atoms with E-state index in [1.165, 1.54) is 38.2 Å². The third kappa shape index (κ3) is 2.17. The van der Waals surface area contributed by atoms with Gasteiger partial charge in [-0.25, -0.2) is 4.39 Å². The van der Waals surface area contributed by atoms with Crippen molar-refractivity contribution < 1.29 is 4.39 Å². The number of fused-ring (bicyclic) bond motifs is 1. The Kier molecular flexibility index (Phi) is 3.11. The Bertz CT molecular complexity index is 723. The van der Waals surface area contributed by atoms with Gasteiger partial charge >= 0.3 is 0 Å². The second-order valence-electron chi connectivity index (χ2n) is 4.75. The molecule has 0 spiro atoms. The predicted molar refractivity (Wildman–Crippen MR) is 81.3 cm³/mol. The van der Waals surface area contributed by atoms with Gasteiger partial charge in [0.1, 0.15) is 5.82 Å². The van der Waals surface area contributed by atoms with E-state index in [-0.39, 0.29) is 5.82 Å². The monoisotopic (exact) mass is 270 g/mol. The first kappa shape index (κ1) is 12.4. The highest BCUT2D eigenvalue weighted by Gasteiger charge is 2.10. The average molecular weight is 270 g/mol. The van der Waals surface area contributed by atoms with Gasteiger partial charge in [-0.2, -0.15) is 0 Å². The molecule has 1 heterocycles. The molecule has 0 fully saturated rings. The van der Waals surface area contributed by atoms with Gasteiger partial charge < -0.3 is 0 Å². The second-order valence-corrected chi connectivity index (χ2v) is 5.80. The summed E-state index contributed by atoms with van der Waals surface area (Å²) in [5, 5.41) is 1.31. The summed E-state index contributed by atoms with van der Waals surface area (Å²) in [7, 11) is 0. The Balaban J connectivity index is 2.19. The van der Waals surface area contributed by atoms with E-state index in [2.05, 4.69) is 32.0 Å². The van der Waals surface area contributed by atoms with E-state index in [0.717, 1.165) is 12.0 Å². The van der Waals surface area contributed by atoms with Crippen LogP contribution in [-0.2, 0) is 6.42 Å². The first-order valence-electron chi connectivity index (χ1n) is 6.47. The highest BCUT2D eigenvalue weighted by Crippen LogP contribution is 2.38. The summed E-state index contributed by atoms with van der Waals surface area (Å²) in [6.45, 7) is 4.31. The third-order valence-electron chi connectivity index (χ3n) is 3.52. The summed E-state index contributed by atoms with van der Waals surface area (Å²) in [6, 6.07) is 13.4. The fraction of sp³-hybridized carbons (Fsp3) is 0.176. The van der Waals surface area contributed by atoms with Gasteiger partial charge in [0.15, 0.2) is 0 Å². The SMILES string of the molecule is CCc1ccc2c(C)c(-c3ccc(F)cc3)sc2c1. The van der Waals surface area contributed by atoms with E-state index in [9.17, 15) is 4.39 Å². The number of hydrogen-bond donors (Lipinski definition) is 0. The van der Waals surface area contributed by atoms with E-state index < -0.39 is 0 Å². The molecule has 96 valence electrons. The highest BCUT2D eigenvalue weighted by atomic mass is 32.1. The molecule has 3 aromatic rings. The number of halogens is 1. The lowest BCUT2D eigenvalue weighted by Gasteiger charge is -1.99. The van der Waals surface area contributed by atoms with Gasteiger partial charge in [-0.3, -0.25) is 0 Å². The van der Waals surface area contributed by atoms with Crippen molar-refractivity contribution in [2.75, 3.05) is 0 Å². The van der Waals surface area contributed by atoms with Crippen LogP contribution in [0.5, 0.6) is 0 Å². The molecule has 3 rings (SSSR count). The topological polar surface area (TPSA) is 0 Å². The van der Waals surface area contributed by atoms with Crippen LogP contribution in [0.4, 0.5) is 4.39 Å². The highest BCUT2D eigenvalue weighted by molar-refractivity contribution is 7.22. The first-order valence-corrected chi connectivity index (χ1v) is 7.28. The van der Waals surface area contributed by atoms with E-state index in [0.29, 0.717) is 0 Å². The number of rotatable bonds is 2. The molecule has 0 bridgehead atoms. The van der Waals surface area contributed by atoms with E-state index in [1.54, 1.807) is 11.3 Å². The molecule has 0 aliphatic rings. The summed E-state index contributed by atoms with van der Waals surface area (Å²) in [5.74, 6) is -0.184. The zero-order chi connectivity index (χ0) is 13.4. The Morgan fingerprint density at radius 1 is 1.05 bits per heavy atom. The van der Waals surface area contributed by atoms with Crippen molar-refractivity contribution >= 4 is 21.4 Å². The molecule has 0 aliphatic heterocycles. The molecule has 0 unspecified atom stereocenters. The molecule has 1 aromatic heterocycles. The molecule has 19 heavy (non-hydrogen) atoms. The van der Waals surface area contributed by atoms with E-state index >= 15 is 0 Å². The van der Waals surface area contributed by atoms with Crippen molar-refractivity contribution in [1.29, 1.82) is 0 Å². The first-order chi connectivity index (χ1) is 9.19. The lowest BCUT2D eigenvalue weighted by atomic mass is 10.1. The van der Waals surface area contributed by atoms with Crippen molar-refractivity contribution in [1.82, 2.24) is 0 Å². The molecule has 2 heteroatoms. The van der Waals surface area contributed by atoms with Crippen molar-refractivity contribution in [3.63, 3.8) is 0 Å². The van der Waals surface area contributed by atoms with Crippen molar-refractivity contribution in [2.24, 2.45) is 0 Å². The Hall–Kier alpha value is -1.67. The molecule has 0 amide bonds. The third-order valence-corrected chi connectivity index (χ3v) is 4.82. The van der Waals surface area contributed by atoms with Crippen LogP contribution in [0.25, 0.3) is 20.5 Å². The van der Waals surface area contributed by atoms with Crippen LogP contribution in [0.1, 0.15) is 18.1 Å². The quantitative estimate of drug-likeness (QED) is 0.570. The average Bonchev–Trinajstić information content (AvgIpc) is 2.76. The van der Waals surface area contributed by atoms with Crippen LogP contribution in [0.3, 0.4) is 0 Å². The summed E-state index contributed by atoms with van der Waals surface area (Å²) >= 11 is 1.79. The molecule has 0 saturated heterocycles. The van der Waals surface area contributed by atoms with Crippen molar-refractivity contribution in [2.45, 2.75) is 20.3 Å². The summed E-state index contributed by atoms with van der Waals surface area (Å²) in [5.41, 5.74) is 3.74. The van der Waals surface area contributed by atoms with Gasteiger partial charge in [0.2, 0.25) is 0 Å². The molecule has 0 aliphatic carbocycles. The van der Waals surface area contributed by atoms with Gasteiger partial charge in [0.25, 0.3) is 0 Å². The minimum Gasteiger partial charge on any atom is -0.207 e. The summed E-state index contributed by atoms with van der Waals surface area (Å²) < 4.78 is 14.3. The maximum Gasteiger partial charge on any atom is 0.123 e. The molecule has 0 N–H and O–H groups in total. The van der Waals surface area contributed by atoms with Gasteiger partial charge in [-0.15, -0.1) is 11.3 Å². The normalized spacial score (nSPS) is 11.1. The number of hydrogen-bond acceptors (Lipinski definition) is 1. The lowest BCUT2D eigenvalue weighted by Crippen LogP contribution is -1.79. The van der Waals surface area contributed by atoms with Gasteiger partial charge in [0, 0.05) is 9.58 Å². The molecular weight excluding hydrogens is 255 g/mol. The molecule has 0 radical (unpaired) electrons. The summed E-state index contributed by atoms with van der Waals surface area (Å²) in [6.07, 6.45) is 1.05. The van der Waals surface area contributed by atoms with Crippen LogP contribution >= 0.6 is 11.3 Å². The second kappa shape index (κ2) is 4.78. The largest absolute Gasteiger partial charge is 0.207 e. The number of aryl methyl sites for hydroxylation is 2. The maximum absolute atomic E-state index is 13.0. The smallest absolute Gasteiger partial charge is 0.123 e. The van der Waals surface area contributed by atoms with Gasteiger partial charge in [-0.05, 0) is 53.6 Å². The van der Waals surface area contributed by atoms with E-state index in [4.69, 9.17) is 0 Å². The molecule has 0 atom stereocenters. The van der Waals surface area contributed by atoms with Crippen molar-refractivity contribution in [3.05, 3.63) is 59.4 Å². The van der Waals surface area contributed by atoms with Crippen LogP contribution in [-0.4, -0.2) is 0 Å². The number of thiophene rings is 1. The minimum atomic E-state index is -0.184. The zero-order valence-corrected chi connectivity index (χ0v) is 11.9. The number of benzene rings is 2. The zero-order valence-electron chi connectivity index (χ0n) is 11.0. The maximum atomic E-state index is 13.0. The van der Waals surface area contributed by atoms with Crippen molar-refractivity contribution in [3.8, 4) is 10.4 Å². The molecule has 2 aromatic carbocycles. The standard InChI is InChI=1S/C17H15FS/c1-3-12-4-9-15-11(2)17(19-16(15)10-12)13-5-7-14(18)8-6-13/h4-10H,3H2,1-2H3. The van der Waals surface area contributed by atoms with Gasteiger partial charge in [-0.1, -0.05) is 31.2 Å². The van der Waals surface area contributed by atoms with Crippen LogP contribution in [0.2, 0.25) is 0 Å². The molecular formula is C17H15FS. The summed E-state index contributed by atoms with van der Waals surface area (Å²) in [4.78, 5) is 1.24. The van der Waals surface area contributed by atoms with Crippen LogP contribution in [0.15, 0.2) is 42.5 Å². The van der Waals surface area contributed by atoms with E-state index in [1.807, 2.05) is 12.1 Å². The minimum absolute atomic E-state index is 0.184. The fourth-order valence-corrected chi connectivity index (χ4v) is 3.64. The predicted octanol–water partition coefficient (Wildman–Crippen LogP) is 5.58. The lowest BCUT2D eigenvalue weighted by molar-refractivity contribution is 0.628. The van der Waals surface area contributed by atoms with Gasteiger partial charge in [0.05, 0.1) is 0 Å². The molecule has 0 saturated carbocycles. The van der Waals surface area contributed by atoms with Crippen LogP contribution in [0, 0.1) is 12.7 Å². The Morgan fingerprint density at radius 3 is 2.47 bits per heavy atom. The van der Waals surface area contributed by atoms with Crippen LogP contribution < -0.4 is 0 Å². The Labute approximate surface area is 116 Å². The fourth-order valence-electron chi connectivity index (χ4n) is 2.37. The Morgan fingerprint density at radius 2 is 1.79 bits per heavy atom. The molecule has 0 nitrogen and oxygen atoms in total.